The maximum Gasteiger partial charge on any atom is 0.228 e. The molecule has 1 unspecified atom stereocenters. The van der Waals surface area contributed by atoms with Crippen LogP contribution in [0.2, 0.25) is 0 Å². The van der Waals surface area contributed by atoms with Gasteiger partial charge in [0.25, 0.3) is 0 Å². The van der Waals surface area contributed by atoms with Crippen molar-refractivity contribution in [3.05, 3.63) is 29.8 Å². The van der Waals surface area contributed by atoms with E-state index in [0.717, 1.165) is 24.2 Å². The predicted molar refractivity (Wildman–Crippen MR) is 80.4 cm³/mol. The lowest BCUT2D eigenvalue weighted by Gasteiger charge is -2.27. The molecular formula is C15H22N2OS. The van der Waals surface area contributed by atoms with Crippen molar-refractivity contribution in [1.29, 1.82) is 0 Å². The minimum absolute atomic E-state index is 0.0286. The van der Waals surface area contributed by atoms with Crippen LogP contribution in [-0.2, 0) is 4.79 Å². The summed E-state index contributed by atoms with van der Waals surface area (Å²) >= 11 is 1.76. The van der Waals surface area contributed by atoms with Crippen molar-refractivity contribution in [1.82, 2.24) is 5.32 Å². The molecule has 0 fully saturated rings. The fourth-order valence-corrected chi connectivity index (χ4v) is 3.49. The lowest BCUT2D eigenvalue weighted by molar-refractivity contribution is -0.122. The first-order chi connectivity index (χ1) is 9.09. The van der Waals surface area contributed by atoms with E-state index in [9.17, 15) is 4.79 Å². The molecule has 3 nitrogen and oxygen atoms in total. The third-order valence-corrected chi connectivity index (χ3v) is 5.22. The van der Waals surface area contributed by atoms with Gasteiger partial charge in [0.05, 0.1) is 5.92 Å². The van der Waals surface area contributed by atoms with Crippen LogP contribution in [0.3, 0.4) is 0 Å². The number of thioether (sulfide) groups is 1. The highest BCUT2D eigenvalue weighted by atomic mass is 32.2. The molecular weight excluding hydrogens is 256 g/mol. The van der Waals surface area contributed by atoms with E-state index in [1.807, 2.05) is 12.1 Å². The highest BCUT2D eigenvalue weighted by Crippen LogP contribution is 2.39. The van der Waals surface area contributed by atoms with Gasteiger partial charge in [-0.15, -0.1) is 11.8 Å². The summed E-state index contributed by atoms with van der Waals surface area (Å²) in [5.74, 6) is 0.911. The molecule has 4 heteroatoms. The van der Waals surface area contributed by atoms with Crippen LogP contribution < -0.4 is 11.1 Å². The molecule has 0 aromatic heterocycles. The van der Waals surface area contributed by atoms with Crippen LogP contribution in [-0.4, -0.2) is 23.7 Å². The molecule has 1 atom stereocenters. The first-order valence-corrected chi connectivity index (χ1v) is 7.86. The van der Waals surface area contributed by atoms with Crippen molar-refractivity contribution in [3.8, 4) is 0 Å². The Kier molecular flexibility index (Phi) is 4.53. The number of nitrogens with one attached hydrogen (secondary N) is 1. The van der Waals surface area contributed by atoms with Crippen molar-refractivity contribution < 1.29 is 4.79 Å². The fraction of sp³-hybridized carbons (Fsp3) is 0.533. The molecule has 0 saturated carbocycles. The highest BCUT2D eigenvalue weighted by molar-refractivity contribution is 7.99. The SMILES string of the molecule is CCC(N)(CC)CNC(=O)C1CSc2ccccc21. The van der Waals surface area contributed by atoms with Crippen molar-refractivity contribution >= 4 is 17.7 Å². The third kappa shape index (κ3) is 3.12. The Hall–Kier alpha value is -1.00. The monoisotopic (exact) mass is 278 g/mol. The molecule has 2 rings (SSSR count). The summed E-state index contributed by atoms with van der Waals surface area (Å²) in [4.78, 5) is 13.5. The summed E-state index contributed by atoms with van der Waals surface area (Å²) in [6.45, 7) is 4.69. The molecule has 1 aromatic carbocycles. The van der Waals surface area contributed by atoms with Gasteiger partial charge in [0.15, 0.2) is 0 Å². The molecule has 3 N–H and O–H groups in total. The van der Waals surface area contributed by atoms with E-state index in [-0.39, 0.29) is 17.4 Å². The number of fused-ring (bicyclic) bond motifs is 1. The minimum Gasteiger partial charge on any atom is -0.354 e. The van der Waals surface area contributed by atoms with Crippen LogP contribution in [0.15, 0.2) is 29.2 Å². The van der Waals surface area contributed by atoms with Crippen LogP contribution in [0.1, 0.15) is 38.2 Å². The molecule has 0 spiro atoms. The van der Waals surface area contributed by atoms with Crippen molar-refractivity contribution in [2.45, 2.75) is 43.0 Å². The summed E-state index contributed by atoms with van der Waals surface area (Å²) in [7, 11) is 0. The number of amides is 1. The van der Waals surface area contributed by atoms with Gasteiger partial charge in [-0.2, -0.15) is 0 Å². The topological polar surface area (TPSA) is 55.1 Å². The van der Waals surface area contributed by atoms with Gasteiger partial charge in [0.1, 0.15) is 0 Å². The predicted octanol–water partition coefficient (Wildman–Crippen LogP) is 2.51. The van der Waals surface area contributed by atoms with Crippen LogP contribution in [0.25, 0.3) is 0 Å². The largest absolute Gasteiger partial charge is 0.354 e. The van der Waals surface area contributed by atoms with Gasteiger partial charge in [-0.05, 0) is 24.5 Å². The Balaban J connectivity index is 1.99. The van der Waals surface area contributed by atoms with E-state index in [2.05, 4.69) is 31.3 Å². The molecule has 0 aliphatic carbocycles. The van der Waals surface area contributed by atoms with E-state index in [4.69, 9.17) is 5.73 Å². The summed E-state index contributed by atoms with van der Waals surface area (Å²) in [6, 6.07) is 8.15. The molecule has 0 saturated heterocycles. The van der Waals surface area contributed by atoms with Crippen LogP contribution in [0.5, 0.6) is 0 Å². The average Bonchev–Trinajstić information content (AvgIpc) is 2.88. The lowest BCUT2D eigenvalue weighted by atomic mass is 9.93. The van der Waals surface area contributed by atoms with Gasteiger partial charge in [-0.1, -0.05) is 32.0 Å². The maximum atomic E-state index is 12.3. The summed E-state index contributed by atoms with van der Waals surface area (Å²) in [6.07, 6.45) is 1.75. The average molecular weight is 278 g/mol. The zero-order valence-electron chi connectivity index (χ0n) is 11.6. The number of hydrogen-bond acceptors (Lipinski definition) is 3. The van der Waals surface area contributed by atoms with Crippen LogP contribution >= 0.6 is 11.8 Å². The van der Waals surface area contributed by atoms with E-state index in [1.54, 1.807) is 11.8 Å². The van der Waals surface area contributed by atoms with E-state index in [0.29, 0.717) is 6.54 Å². The lowest BCUT2D eigenvalue weighted by Crippen LogP contribution is -2.50. The Morgan fingerprint density at radius 1 is 1.42 bits per heavy atom. The summed E-state index contributed by atoms with van der Waals surface area (Å²) < 4.78 is 0. The first kappa shape index (κ1) is 14.4. The molecule has 1 aliphatic rings. The van der Waals surface area contributed by atoms with Gasteiger partial charge in [-0.25, -0.2) is 0 Å². The zero-order chi connectivity index (χ0) is 13.9. The second kappa shape index (κ2) is 5.97. The van der Waals surface area contributed by atoms with Gasteiger partial charge in [0.2, 0.25) is 5.91 Å². The molecule has 0 bridgehead atoms. The van der Waals surface area contributed by atoms with Gasteiger partial charge >= 0.3 is 0 Å². The summed E-state index contributed by atoms with van der Waals surface area (Å²) in [5.41, 5.74) is 7.09. The number of rotatable bonds is 5. The highest BCUT2D eigenvalue weighted by Gasteiger charge is 2.30. The molecule has 1 heterocycles. The molecule has 104 valence electrons. The molecule has 1 aromatic rings. The number of hydrogen-bond donors (Lipinski definition) is 2. The Labute approximate surface area is 119 Å². The van der Waals surface area contributed by atoms with E-state index in [1.165, 1.54) is 4.90 Å². The number of carbonyl (C=O) groups is 1. The van der Waals surface area contributed by atoms with E-state index >= 15 is 0 Å². The minimum atomic E-state index is -0.277. The molecule has 19 heavy (non-hydrogen) atoms. The van der Waals surface area contributed by atoms with Gasteiger partial charge in [0, 0.05) is 22.7 Å². The van der Waals surface area contributed by atoms with Crippen molar-refractivity contribution in [2.75, 3.05) is 12.3 Å². The Morgan fingerprint density at radius 2 is 2.11 bits per heavy atom. The van der Waals surface area contributed by atoms with Gasteiger partial charge < -0.3 is 11.1 Å². The van der Waals surface area contributed by atoms with Crippen molar-refractivity contribution in [3.63, 3.8) is 0 Å². The molecule has 1 aliphatic heterocycles. The molecule has 1 amide bonds. The Bertz CT molecular complexity index is 457. The standard InChI is InChI=1S/C15H22N2OS/c1-3-15(16,4-2)10-17-14(18)12-9-19-13-8-6-5-7-11(12)13/h5-8,12H,3-4,9-10,16H2,1-2H3,(H,17,18). The molecule has 0 radical (unpaired) electrons. The second-order valence-electron chi connectivity index (χ2n) is 5.19. The van der Waals surface area contributed by atoms with Gasteiger partial charge in [-0.3, -0.25) is 4.79 Å². The number of carbonyl (C=O) groups excluding carboxylic acids is 1. The smallest absolute Gasteiger partial charge is 0.228 e. The van der Waals surface area contributed by atoms with E-state index < -0.39 is 0 Å². The number of benzene rings is 1. The first-order valence-electron chi connectivity index (χ1n) is 6.88. The van der Waals surface area contributed by atoms with Crippen LogP contribution in [0, 0.1) is 0 Å². The second-order valence-corrected chi connectivity index (χ2v) is 6.25. The van der Waals surface area contributed by atoms with Crippen molar-refractivity contribution in [2.24, 2.45) is 5.73 Å². The normalized spacial score (nSPS) is 18.2. The fourth-order valence-electron chi connectivity index (χ4n) is 2.27. The maximum absolute atomic E-state index is 12.3. The quantitative estimate of drug-likeness (QED) is 0.870. The Morgan fingerprint density at radius 3 is 2.79 bits per heavy atom. The summed E-state index contributed by atoms with van der Waals surface area (Å²) in [5, 5.41) is 3.03. The van der Waals surface area contributed by atoms with Crippen LogP contribution in [0.4, 0.5) is 0 Å². The number of nitrogens with two attached hydrogens (primary N) is 1. The third-order valence-electron chi connectivity index (χ3n) is 4.04. The zero-order valence-corrected chi connectivity index (χ0v) is 12.4.